The van der Waals surface area contributed by atoms with Crippen LogP contribution in [0.25, 0.3) is 0 Å². The molecule has 1 aromatic rings. The summed E-state index contributed by atoms with van der Waals surface area (Å²) in [5.41, 5.74) is 6.80. The fraction of sp³-hybridized carbons (Fsp3) is 0.500. The molecule has 1 aromatic carbocycles. The summed E-state index contributed by atoms with van der Waals surface area (Å²) in [6.45, 7) is 4.09. The maximum absolute atomic E-state index is 12.0. The van der Waals surface area contributed by atoms with E-state index in [1.165, 1.54) is 5.56 Å². The van der Waals surface area contributed by atoms with E-state index in [0.29, 0.717) is 18.7 Å². The topological polar surface area (TPSA) is 111 Å². The summed E-state index contributed by atoms with van der Waals surface area (Å²) in [4.78, 5) is 34.3. The molecular weight excluding hydrogens is 322 g/mol. The van der Waals surface area contributed by atoms with Crippen LogP contribution in [0.2, 0.25) is 0 Å². The first-order chi connectivity index (χ1) is 11.9. The molecule has 0 aliphatic heterocycles. The summed E-state index contributed by atoms with van der Waals surface area (Å²) in [5, 5.41) is 5.21. The molecule has 0 heterocycles. The van der Waals surface area contributed by atoms with E-state index in [4.69, 9.17) is 10.5 Å². The SMILES string of the molecule is CCc1ccc(NC(=O)[C@@H](C)OC(=O)CCCCCNC(N)=O)cc1. The van der Waals surface area contributed by atoms with E-state index in [1.54, 1.807) is 6.92 Å². The highest BCUT2D eigenvalue weighted by Gasteiger charge is 2.17. The number of unbranched alkanes of at least 4 members (excludes halogenated alkanes) is 2. The number of carbonyl (C=O) groups is 3. The standard InChI is InChI=1S/C18H27N3O4/c1-3-14-8-10-15(11-9-14)21-17(23)13(2)25-16(22)7-5-4-6-12-20-18(19)24/h8-11,13H,3-7,12H2,1-2H3,(H,21,23)(H3,19,20,24)/t13-/m1/s1. The van der Waals surface area contributed by atoms with Crippen molar-refractivity contribution in [3.63, 3.8) is 0 Å². The number of rotatable bonds is 10. The van der Waals surface area contributed by atoms with Gasteiger partial charge in [-0.2, -0.15) is 0 Å². The van der Waals surface area contributed by atoms with Crippen LogP contribution in [0.15, 0.2) is 24.3 Å². The maximum atomic E-state index is 12.0. The molecule has 0 fully saturated rings. The van der Waals surface area contributed by atoms with E-state index in [-0.39, 0.29) is 12.3 Å². The molecule has 138 valence electrons. The number of aryl methyl sites for hydroxylation is 1. The molecule has 7 nitrogen and oxygen atoms in total. The number of hydrogen-bond acceptors (Lipinski definition) is 4. The maximum Gasteiger partial charge on any atom is 0.312 e. The second-order valence-electron chi connectivity index (χ2n) is 5.77. The van der Waals surface area contributed by atoms with E-state index < -0.39 is 18.1 Å². The molecule has 0 saturated carbocycles. The molecule has 0 unspecified atom stereocenters. The van der Waals surface area contributed by atoms with Crippen molar-refractivity contribution in [2.45, 2.75) is 52.1 Å². The molecule has 0 radical (unpaired) electrons. The minimum atomic E-state index is -0.852. The van der Waals surface area contributed by atoms with Crippen molar-refractivity contribution in [3.8, 4) is 0 Å². The van der Waals surface area contributed by atoms with Crippen LogP contribution in [-0.4, -0.2) is 30.6 Å². The lowest BCUT2D eigenvalue weighted by atomic mass is 10.1. The Morgan fingerprint density at radius 3 is 2.40 bits per heavy atom. The molecule has 7 heteroatoms. The molecule has 0 aliphatic rings. The Morgan fingerprint density at radius 1 is 1.12 bits per heavy atom. The number of ether oxygens (including phenoxy) is 1. The lowest BCUT2D eigenvalue weighted by Gasteiger charge is -2.13. The first-order valence-electron chi connectivity index (χ1n) is 8.55. The summed E-state index contributed by atoms with van der Waals surface area (Å²) < 4.78 is 5.13. The molecule has 0 saturated heterocycles. The number of hydrogen-bond donors (Lipinski definition) is 3. The summed E-state index contributed by atoms with van der Waals surface area (Å²) in [6, 6.07) is 6.99. The Kier molecular flexibility index (Phi) is 9.06. The van der Waals surface area contributed by atoms with Crippen molar-refractivity contribution < 1.29 is 19.1 Å². The van der Waals surface area contributed by atoms with Crippen LogP contribution in [0.3, 0.4) is 0 Å². The molecule has 0 spiro atoms. The van der Waals surface area contributed by atoms with Crippen LogP contribution in [0.5, 0.6) is 0 Å². The van der Waals surface area contributed by atoms with E-state index in [9.17, 15) is 14.4 Å². The monoisotopic (exact) mass is 349 g/mol. The van der Waals surface area contributed by atoms with Gasteiger partial charge in [0, 0.05) is 18.7 Å². The minimum Gasteiger partial charge on any atom is -0.453 e. The summed E-state index contributed by atoms with van der Waals surface area (Å²) >= 11 is 0. The number of primary amides is 1. The largest absolute Gasteiger partial charge is 0.453 e. The average Bonchev–Trinajstić information content (AvgIpc) is 2.58. The van der Waals surface area contributed by atoms with E-state index in [1.807, 2.05) is 24.3 Å². The van der Waals surface area contributed by atoms with Crippen LogP contribution < -0.4 is 16.4 Å². The number of benzene rings is 1. The predicted molar refractivity (Wildman–Crippen MR) is 96.1 cm³/mol. The number of carbonyl (C=O) groups excluding carboxylic acids is 3. The highest BCUT2D eigenvalue weighted by molar-refractivity contribution is 5.95. The van der Waals surface area contributed by atoms with Crippen molar-refractivity contribution in [1.82, 2.24) is 5.32 Å². The van der Waals surface area contributed by atoms with Crippen molar-refractivity contribution in [2.24, 2.45) is 5.73 Å². The van der Waals surface area contributed by atoms with Gasteiger partial charge in [0.2, 0.25) is 0 Å². The van der Waals surface area contributed by atoms with Gasteiger partial charge in [-0.05, 0) is 43.9 Å². The van der Waals surface area contributed by atoms with Gasteiger partial charge in [-0.3, -0.25) is 9.59 Å². The number of amides is 3. The van der Waals surface area contributed by atoms with Crippen molar-refractivity contribution >= 4 is 23.6 Å². The van der Waals surface area contributed by atoms with Crippen LogP contribution in [0.1, 0.15) is 45.1 Å². The van der Waals surface area contributed by atoms with Gasteiger partial charge < -0.3 is 21.1 Å². The van der Waals surface area contributed by atoms with Crippen LogP contribution in [0.4, 0.5) is 10.5 Å². The number of anilines is 1. The second-order valence-corrected chi connectivity index (χ2v) is 5.77. The summed E-state index contributed by atoms with van der Waals surface area (Å²) in [6.07, 6.45) is 2.45. The summed E-state index contributed by atoms with van der Waals surface area (Å²) in [5.74, 6) is -0.768. The minimum absolute atomic E-state index is 0.236. The molecule has 1 atom stereocenters. The first-order valence-corrected chi connectivity index (χ1v) is 8.55. The van der Waals surface area contributed by atoms with Crippen LogP contribution in [-0.2, 0) is 20.7 Å². The molecule has 3 amide bonds. The van der Waals surface area contributed by atoms with E-state index >= 15 is 0 Å². The summed E-state index contributed by atoms with van der Waals surface area (Å²) in [7, 11) is 0. The van der Waals surface area contributed by atoms with Crippen LogP contribution >= 0.6 is 0 Å². The molecule has 1 rings (SSSR count). The zero-order chi connectivity index (χ0) is 18.7. The van der Waals surface area contributed by atoms with Gasteiger partial charge in [-0.15, -0.1) is 0 Å². The van der Waals surface area contributed by atoms with Gasteiger partial charge >= 0.3 is 12.0 Å². The quantitative estimate of drug-likeness (QED) is 0.445. The first kappa shape index (κ1) is 20.5. The molecule has 25 heavy (non-hydrogen) atoms. The van der Waals surface area contributed by atoms with Crippen LogP contribution in [0, 0.1) is 0 Å². The number of nitrogens with two attached hydrogens (primary N) is 1. The Morgan fingerprint density at radius 2 is 1.80 bits per heavy atom. The van der Waals surface area contributed by atoms with Gasteiger partial charge in [0.1, 0.15) is 0 Å². The lowest BCUT2D eigenvalue weighted by Crippen LogP contribution is -2.30. The van der Waals surface area contributed by atoms with Crippen molar-refractivity contribution in [3.05, 3.63) is 29.8 Å². The predicted octanol–water partition coefficient (Wildman–Crippen LogP) is 2.35. The fourth-order valence-corrected chi connectivity index (χ4v) is 2.16. The highest BCUT2D eigenvalue weighted by Crippen LogP contribution is 2.11. The molecule has 0 aliphatic carbocycles. The molecule has 0 bridgehead atoms. The number of nitrogens with one attached hydrogen (secondary N) is 2. The highest BCUT2D eigenvalue weighted by atomic mass is 16.5. The Balaban J connectivity index is 2.24. The van der Waals surface area contributed by atoms with Gasteiger partial charge in [-0.25, -0.2) is 4.79 Å². The zero-order valence-corrected chi connectivity index (χ0v) is 14.8. The van der Waals surface area contributed by atoms with Crippen molar-refractivity contribution in [2.75, 3.05) is 11.9 Å². The third-order valence-electron chi connectivity index (χ3n) is 3.66. The third kappa shape index (κ3) is 8.74. The number of esters is 1. The third-order valence-corrected chi connectivity index (χ3v) is 3.66. The second kappa shape index (κ2) is 11.1. The Hall–Kier alpha value is -2.57. The van der Waals surface area contributed by atoms with Crippen molar-refractivity contribution in [1.29, 1.82) is 0 Å². The Labute approximate surface area is 148 Å². The molecular formula is C18H27N3O4. The Bertz CT molecular complexity index is 572. The average molecular weight is 349 g/mol. The number of urea groups is 1. The van der Waals surface area contributed by atoms with Gasteiger partial charge in [0.15, 0.2) is 6.10 Å². The van der Waals surface area contributed by atoms with Gasteiger partial charge in [0.05, 0.1) is 0 Å². The van der Waals surface area contributed by atoms with Gasteiger partial charge in [0.25, 0.3) is 5.91 Å². The molecule has 0 aromatic heterocycles. The zero-order valence-electron chi connectivity index (χ0n) is 14.8. The fourth-order valence-electron chi connectivity index (χ4n) is 2.16. The normalized spacial score (nSPS) is 11.4. The lowest BCUT2D eigenvalue weighted by molar-refractivity contribution is -0.153. The smallest absolute Gasteiger partial charge is 0.312 e. The van der Waals surface area contributed by atoms with Gasteiger partial charge in [-0.1, -0.05) is 25.5 Å². The van der Waals surface area contributed by atoms with E-state index in [2.05, 4.69) is 17.6 Å². The molecule has 4 N–H and O–H groups in total. The van der Waals surface area contributed by atoms with E-state index in [0.717, 1.165) is 19.3 Å².